The smallest absolute Gasteiger partial charge is 0.0348 e. The predicted molar refractivity (Wildman–Crippen MR) is 40.9 cm³/mol. The average Bonchev–Trinajstić information content (AvgIpc) is 1.90. The fourth-order valence-corrected chi connectivity index (χ4v) is 1.49. The van der Waals surface area contributed by atoms with Crippen molar-refractivity contribution in [1.82, 2.24) is 5.32 Å². The van der Waals surface area contributed by atoms with Crippen LogP contribution in [0.15, 0.2) is 0 Å². The zero-order chi connectivity index (χ0) is 6.69. The molecule has 1 aliphatic rings. The first-order valence-electron chi connectivity index (χ1n) is 3.65. The van der Waals surface area contributed by atoms with Gasteiger partial charge in [-0.3, -0.25) is 0 Å². The molecule has 2 heteroatoms. The zero-order valence-corrected chi connectivity index (χ0v) is 6.62. The van der Waals surface area contributed by atoms with E-state index in [-0.39, 0.29) is 0 Å². The van der Waals surface area contributed by atoms with E-state index in [0.717, 1.165) is 6.54 Å². The lowest BCUT2D eigenvalue weighted by Crippen LogP contribution is -2.33. The summed E-state index contributed by atoms with van der Waals surface area (Å²) in [4.78, 5) is 0. The largest absolute Gasteiger partial charge is 0.316 e. The molecule has 0 saturated carbocycles. The molecule has 0 bridgehead atoms. The number of nitrogens with one attached hydrogen (secondary N) is 1. The van der Waals surface area contributed by atoms with Gasteiger partial charge in [0.05, 0.1) is 0 Å². The molecule has 1 heterocycles. The van der Waals surface area contributed by atoms with Gasteiger partial charge in [0.25, 0.3) is 0 Å². The number of alkyl halides is 1. The van der Waals surface area contributed by atoms with E-state index in [1.807, 2.05) is 0 Å². The molecule has 2 atom stereocenters. The van der Waals surface area contributed by atoms with Crippen molar-refractivity contribution in [3.05, 3.63) is 0 Å². The summed E-state index contributed by atoms with van der Waals surface area (Å²) in [6.07, 6.45) is 2.60. The summed E-state index contributed by atoms with van der Waals surface area (Å²) in [5, 5.41) is 3.68. The molecule has 1 nitrogen and oxygen atoms in total. The van der Waals surface area contributed by atoms with Crippen LogP contribution in [0.3, 0.4) is 0 Å². The highest BCUT2D eigenvalue weighted by Crippen LogP contribution is 2.17. The Kier molecular flexibility index (Phi) is 2.80. The summed E-state index contributed by atoms with van der Waals surface area (Å²) in [5.41, 5.74) is 0. The Hall–Kier alpha value is 0.250. The lowest BCUT2D eigenvalue weighted by atomic mass is 9.97. The number of rotatable bonds is 1. The summed E-state index contributed by atoms with van der Waals surface area (Å²) in [6, 6.07) is 0. The van der Waals surface area contributed by atoms with Crippen LogP contribution >= 0.6 is 11.6 Å². The van der Waals surface area contributed by atoms with Crippen LogP contribution in [0.5, 0.6) is 0 Å². The first-order chi connectivity index (χ1) is 4.30. The van der Waals surface area contributed by atoms with Gasteiger partial charge in [0.1, 0.15) is 0 Å². The zero-order valence-electron chi connectivity index (χ0n) is 5.86. The summed E-state index contributed by atoms with van der Waals surface area (Å²) in [5.74, 6) is 0.709. The van der Waals surface area contributed by atoms with Crippen molar-refractivity contribution >= 4 is 11.6 Å². The molecule has 0 radical (unpaired) electrons. The van der Waals surface area contributed by atoms with Crippen molar-refractivity contribution in [2.24, 2.45) is 5.92 Å². The Morgan fingerprint density at radius 2 is 2.44 bits per heavy atom. The Bertz CT molecular complexity index is 77.0. The monoisotopic (exact) mass is 147 g/mol. The molecule has 9 heavy (non-hydrogen) atoms. The van der Waals surface area contributed by atoms with Gasteiger partial charge in [0.2, 0.25) is 0 Å². The molecule has 1 saturated heterocycles. The van der Waals surface area contributed by atoms with Gasteiger partial charge >= 0.3 is 0 Å². The highest BCUT2D eigenvalue weighted by Gasteiger charge is 2.16. The molecule has 1 N–H and O–H groups in total. The Balaban J connectivity index is 2.23. The van der Waals surface area contributed by atoms with E-state index in [1.165, 1.54) is 19.4 Å². The van der Waals surface area contributed by atoms with Gasteiger partial charge in [-0.25, -0.2) is 0 Å². The number of halogens is 1. The van der Waals surface area contributed by atoms with E-state index in [1.54, 1.807) is 0 Å². The SMILES string of the molecule is CC(Cl)C1CCCNC1. The van der Waals surface area contributed by atoms with Crippen LogP contribution in [-0.2, 0) is 0 Å². The third-order valence-electron chi connectivity index (χ3n) is 1.98. The third-order valence-corrected chi connectivity index (χ3v) is 2.34. The molecule has 1 fully saturated rings. The van der Waals surface area contributed by atoms with Gasteiger partial charge in [0.15, 0.2) is 0 Å². The van der Waals surface area contributed by atoms with Gasteiger partial charge in [-0.05, 0) is 38.8 Å². The molecule has 0 aliphatic carbocycles. The summed E-state index contributed by atoms with van der Waals surface area (Å²) in [7, 11) is 0. The van der Waals surface area contributed by atoms with Crippen LogP contribution in [-0.4, -0.2) is 18.5 Å². The molecule has 0 spiro atoms. The fourth-order valence-electron chi connectivity index (χ4n) is 1.27. The lowest BCUT2D eigenvalue weighted by molar-refractivity contribution is 0.373. The molecule has 0 aromatic heterocycles. The fraction of sp³-hybridized carbons (Fsp3) is 1.00. The van der Waals surface area contributed by atoms with Gasteiger partial charge in [-0.15, -0.1) is 11.6 Å². The molecule has 0 amide bonds. The maximum atomic E-state index is 5.92. The van der Waals surface area contributed by atoms with E-state index < -0.39 is 0 Å². The molecular formula is C7H14ClN. The van der Waals surface area contributed by atoms with Gasteiger partial charge in [-0.2, -0.15) is 0 Å². The number of piperidine rings is 1. The molecule has 0 aromatic carbocycles. The van der Waals surface area contributed by atoms with Crippen molar-refractivity contribution in [2.75, 3.05) is 13.1 Å². The summed E-state index contributed by atoms with van der Waals surface area (Å²) in [6.45, 7) is 4.38. The van der Waals surface area contributed by atoms with Crippen molar-refractivity contribution in [3.8, 4) is 0 Å². The van der Waals surface area contributed by atoms with Crippen molar-refractivity contribution in [2.45, 2.75) is 25.1 Å². The standard InChI is InChI=1S/C7H14ClN/c1-6(8)7-3-2-4-9-5-7/h6-7,9H,2-5H2,1H3. The van der Waals surface area contributed by atoms with Crippen LogP contribution in [0.4, 0.5) is 0 Å². The van der Waals surface area contributed by atoms with E-state index >= 15 is 0 Å². The molecular weight excluding hydrogens is 134 g/mol. The average molecular weight is 148 g/mol. The second-order valence-electron chi connectivity index (χ2n) is 2.78. The number of hydrogen-bond acceptors (Lipinski definition) is 1. The Labute approximate surface area is 61.8 Å². The normalized spacial score (nSPS) is 32.0. The highest BCUT2D eigenvalue weighted by atomic mass is 35.5. The molecule has 1 rings (SSSR count). The second-order valence-corrected chi connectivity index (χ2v) is 3.47. The van der Waals surface area contributed by atoms with Crippen LogP contribution in [0.25, 0.3) is 0 Å². The highest BCUT2D eigenvalue weighted by molar-refractivity contribution is 6.20. The minimum Gasteiger partial charge on any atom is -0.316 e. The predicted octanol–water partition coefficient (Wildman–Crippen LogP) is 1.61. The van der Waals surface area contributed by atoms with Gasteiger partial charge in [0, 0.05) is 5.38 Å². The molecule has 1 aliphatic heterocycles. The minimum absolute atomic E-state index is 0.345. The Morgan fingerprint density at radius 3 is 2.78 bits per heavy atom. The quantitative estimate of drug-likeness (QED) is 0.556. The lowest BCUT2D eigenvalue weighted by Gasteiger charge is -2.24. The van der Waals surface area contributed by atoms with Crippen molar-refractivity contribution in [3.63, 3.8) is 0 Å². The topological polar surface area (TPSA) is 12.0 Å². The minimum atomic E-state index is 0.345. The third kappa shape index (κ3) is 2.15. The van der Waals surface area contributed by atoms with Crippen LogP contribution in [0, 0.1) is 5.92 Å². The van der Waals surface area contributed by atoms with Crippen molar-refractivity contribution in [1.29, 1.82) is 0 Å². The van der Waals surface area contributed by atoms with E-state index in [4.69, 9.17) is 11.6 Å². The van der Waals surface area contributed by atoms with Crippen LogP contribution in [0.2, 0.25) is 0 Å². The maximum Gasteiger partial charge on any atom is 0.0348 e. The van der Waals surface area contributed by atoms with E-state index in [9.17, 15) is 0 Å². The Morgan fingerprint density at radius 1 is 1.67 bits per heavy atom. The maximum absolute atomic E-state index is 5.92. The molecule has 0 aromatic rings. The summed E-state index contributed by atoms with van der Waals surface area (Å²) >= 11 is 5.92. The van der Waals surface area contributed by atoms with Gasteiger partial charge < -0.3 is 5.32 Å². The second kappa shape index (κ2) is 3.43. The first kappa shape index (κ1) is 7.36. The summed E-state index contributed by atoms with van der Waals surface area (Å²) < 4.78 is 0. The molecule has 2 unspecified atom stereocenters. The van der Waals surface area contributed by atoms with Crippen LogP contribution < -0.4 is 5.32 Å². The van der Waals surface area contributed by atoms with Crippen molar-refractivity contribution < 1.29 is 0 Å². The first-order valence-corrected chi connectivity index (χ1v) is 4.09. The van der Waals surface area contributed by atoms with E-state index in [2.05, 4.69) is 12.2 Å². The molecule has 54 valence electrons. The number of hydrogen-bond donors (Lipinski definition) is 1. The van der Waals surface area contributed by atoms with E-state index in [0.29, 0.717) is 11.3 Å². The van der Waals surface area contributed by atoms with Crippen LogP contribution in [0.1, 0.15) is 19.8 Å². The van der Waals surface area contributed by atoms with Gasteiger partial charge in [-0.1, -0.05) is 0 Å².